The smallest absolute Gasteiger partial charge is 0.336 e. The summed E-state index contributed by atoms with van der Waals surface area (Å²) < 4.78 is 1.98. The highest BCUT2D eigenvalue weighted by Gasteiger charge is 2.18. The number of pyridine rings is 1. The second-order valence-corrected chi connectivity index (χ2v) is 7.29. The van der Waals surface area contributed by atoms with E-state index in [-0.39, 0.29) is 0 Å². The molecule has 0 radical (unpaired) electrons. The topological polar surface area (TPSA) is 61.6 Å². The molecule has 3 aromatic rings. The first kappa shape index (κ1) is 17.5. The van der Waals surface area contributed by atoms with E-state index in [0.29, 0.717) is 5.56 Å². The quantitative estimate of drug-likeness (QED) is 0.774. The molecule has 6 heteroatoms. The number of aryl methyl sites for hydroxylation is 2. The average Bonchev–Trinajstić information content (AvgIpc) is 3.05. The summed E-state index contributed by atoms with van der Waals surface area (Å²) in [6.07, 6.45) is 3.83. The molecule has 1 fully saturated rings. The number of aromatic carboxylic acids is 1. The van der Waals surface area contributed by atoms with Gasteiger partial charge in [-0.15, -0.1) is 0 Å². The zero-order valence-electron chi connectivity index (χ0n) is 15.9. The summed E-state index contributed by atoms with van der Waals surface area (Å²) in [6, 6.07) is 7.89. The second kappa shape index (κ2) is 6.70. The molecule has 1 saturated heterocycles. The lowest BCUT2D eigenvalue weighted by molar-refractivity contribution is 0.0696. The van der Waals surface area contributed by atoms with Crippen LogP contribution in [-0.2, 0) is 7.05 Å². The van der Waals surface area contributed by atoms with Crippen LogP contribution in [0.25, 0.3) is 22.0 Å². The number of carbonyl (C=O) groups is 1. The van der Waals surface area contributed by atoms with Crippen LogP contribution in [0.2, 0.25) is 0 Å². The number of piperazine rings is 1. The molecule has 0 aliphatic carbocycles. The van der Waals surface area contributed by atoms with E-state index in [1.54, 1.807) is 6.07 Å². The van der Waals surface area contributed by atoms with Gasteiger partial charge in [-0.1, -0.05) is 0 Å². The maximum atomic E-state index is 11.7. The van der Waals surface area contributed by atoms with Gasteiger partial charge in [0.2, 0.25) is 0 Å². The van der Waals surface area contributed by atoms with Gasteiger partial charge in [-0.3, -0.25) is 0 Å². The Hall–Kier alpha value is -2.86. The van der Waals surface area contributed by atoms with Crippen molar-refractivity contribution >= 4 is 22.7 Å². The van der Waals surface area contributed by atoms with Crippen LogP contribution in [0.3, 0.4) is 0 Å². The van der Waals surface area contributed by atoms with Crippen molar-refractivity contribution in [2.45, 2.75) is 6.92 Å². The lowest BCUT2D eigenvalue weighted by atomic mass is 9.96. The Morgan fingerprint density at radius 1 is 1.11 bits per heavy atom. The van der Waals surface area contributed by atoms with E-state index in [4.69, 9.17) is 0 Å². The van der Waals surface area contributed by atoms with Crippen LogP contribution >= 0.6 is 0 Å². The van der Waals surface area contributed by atoms with E-state index in [1.807, 2.05) is 49.1 Å². The minimum absolute atomic E-state index is 0.336. The summed E-state index contributed by atoms with van der Waals surface area (Å²) in [5, 5.41) is 10.7. The van der Waals surface area contributed by atoms with Gasteiger partial charge >= 0.3 is 5.97 Å². The molecule has 27 heavy (non-hydrogen) atoms. The zero-order valence-corrected chi connectivity index (χ0v) is 15.9. The Morgan fingerprint density at radius 2 is 1.85 bits per heavy atom. The molecule has 0 spiro atoms. The van der Waals surface area contributed by atoms with Gasteiger partial charge in [0, 0.05) is 56.6 Å². The minimum Gasteiger partial charge on any atom is -0.478 e. The molecule has 1 aliphatic heterocycles. The van der Waals surface area contributed by atoms with Crippen molar-refractivity contribution < 1.29 is 9.90 Å². The summed E-state index contributed by atoms with van der Waals surface area (Å²) in [4.78, 5) is 21.0. The van der Waals surface area contributed by atoms with Crippen molar-refractivity contribution in [3.8, 4) is 11.1 Å². The van der Waals surface area contributed by atoms with Crippen molar-refractivity contribution in [2.24, 2.45) is 7.05 Å². The molecule has 3 heterocycles. The number of carboxylic acids is 1. The number of likely N-dealkylation sites (N-methyl/N-ethyl adjacent to an activating group) is 1. The van der Waals surface area contributed by atoms with Crippen molar-refractivity contribution in [3.05, 3.63) is 47.8 Å². The maximum Gasteiger partial charge on any atom is 0.336 e. The maximum absolute atomic E-state index is 11.7. The van der Waals surface area contributed by atoms with Gasteiger partial charge in [0.05, 0.1) is 11.1 Å². The molecular weight excluding hydrogens is 340 g/mol. The van der Waals surface area contributed by atoms with E-state index in [0.717, 1.165) is 59.6 Å². The van der Waals surface area contributed by atoms with Crippen LogP contribution in [0.5, 0.6) is 0 Å². The molecule has 0 amide bonds. The number of anilines is 1. The summed E-state index contributed by atoms with van der Waals surface area (Å²) in [5.74, 6) is 0.0700. The molecule has 2 aromatic heterocycles. The Kier molecular flexibility index (Phi) is 4.36. The number of nitrogens with zero attached hydrogens (tertiary/aromatic N) is 4. The Balaban J connectivity index is 1.76. The number of benzene rings is 1. The Labute approximate surface area is 158 Å². The van der Waals surface area contributed by atoms with E-state index in [1.165, 1.54) is 0 Å². The SMILES string of the molecule is Cc1c(C(=O)O)cc(-c2ccc(N3CCN(C)CC3)nc2)c2ccn(C)c12. The number of carboxylic acid groups (broad SMARTS) is 1. The van der Waals surface area contributed by atoms with Crippen LogP contribution in [0, 0.1) is 6.92 Å². The van der Waals surface area contributed by atoms with Crippen LogP contribution in [-0.4, -0.2) is 58.8 Å². The number of aromatic nitrogens is 2. The molecule has 4 rings (SSSR count). The van der Waals surface area contributed by atoms with Gasteiger partial charge in [-0.25, -0.2) is 9.78 Å². The lowest BCUT2D eigenvalue weighted by Crippen LogP contribution is -2.44. The fourth-order valence-corrected chi connectivity index (χ4v) is 3.90. The Bertz CT molecular complexity index is 999. The molecular formula is C21H24N4O2. The highest BCUT2D eigenvalue weighted by atomic mass is 16.4. The summed E-state index contributed by atoms with van der Waals surface area (Å²) in [7, 11) is 4.08. The molecule has 0 bridgehead atoms. The van der Waals surface area contributed by atoms with E-state index in [2.05, 4.69) is 21.8 Å². The zero-order chi connectivity index (χ0) is 19.1. The van der Waals surface area contributed by atoms with Crippen LogP contribution in [0.4, 0.5) is 5.82 Å². The van der Waals surface area contributed by atoms with Gasteiger partial charge in [0.25, 0.3) is 0 Å². The molecule has 140 valence electrons. The highest BCUT2D eigenvalue weighted by molar-refractivity contribution is 6.04. The molecule has 1 N–H and O–H groups in total. The summed E-state index contributed by atoms with van der Waals surface area (Å²) >= 11 is 0. The lowest BCUT2D eigenvalue weighted by Gasteiger charge is -2.33. The summed E-state index contributed by atoms with van der Waals surface area (Å²) in [6.45, 7) is 5.88. The van der Waals surface area contributed by atoms with Crippen LogP contribution in [0.15, 0.2) is 36.7 Å². The normalized spacial score (nSPS) is 15.4. The standard InChI is InChI=1S/C21H24N4O2/c1-14-17(21(26)27)12-18(16-6-7-24(3)20(14)16)15-4-5-19(22-13-15)25-10-8-23(2)9-11-25/h4-7,12-13H,8-11H2,1-3H3,(H,26,27). The van der Waals surface area contributed by atoms with Crippen LogP contribution < -0.4 is 4.90 Å². The number of hydrogen-bond acceptors (Lipinski definition) is 4. The highest BCUT2D eigenvalue weighted by Crippen LogP contribution is 2.34. The van der Waals surface area contributed by atoms with Crippen molar-refractivity contribution in [1.29, 1.82) is 0 Å². The predicted molar refractivity (Wildman–Crippen MR) is 108 cm³/mol. The minimum atomic E-state index is -0.904. The van der Waals surface area contributed by atoms with Gasteiger partial charge in [-0.05, 0) is 49.4 Å². The van der Waals surface area contributed by atoms with E-state index >= 15 is 0 Å². The molecule has 0 saturated carbocycles. The van der Waals surface area contributed by atoms with Gasteiger partial charge < -0.3 is 19.5 Å². The van der Waals surface area contributed by atoms with Crippen LogP contribution in [0.1, 0.15) is 15.9 Å². The molecule has 0 unspecified atom stereocenters. The molecule has 0 atom stereocenters. The van der Waals surface area contributed by atoms with Gasteiger partial charge in [0.15, 0.2) is 0 Å². The number of rotatable bonds is 3. The molecule has 1 aliphatic rings. The average molecular weight is 364 g/mol. The number of fused-ring (bicyclic) bond motifs is 1. The van der Waals surface area contributed by atoms with E-state index in [9.17, 15) is 9.90 Å². The van der Waals surface area contributed by atoms with Crippen molar-refractivity contribution in [1.82, 2.24) is 14.5 Å². The molecule has 6 nitrogen and oxygen atoms in total. The first-order chi connectivity index (χ1) is 13.0. The monoisotopic (exact) mass is 364 g/mol. The third kappa shape index (κ3) is 3.06. The van der Waals surface area contributed by atoms with Crippen molar-refractivity contribution in [2.75, 3.05) is 38.1 Å². The fourth-order valence-electron chi connectivity index (χ4n) is 3.90. The third-order valence-electron chi connectivity index (χ3n) is 5.53. The summed E-state index contributed by atoms with van der Waals surface area (Å²) in [5.41, 5.74) is 3.92. The first-order valence-electron chi connectivity index (χ1n) is 9.17. The van der Waals surface area contributed by atoms with Gasteiger partial charge in [0.1, 0.15) is 5.82 Å². The second-order valence-electron chi connectivity index (χ2n) is 7.29. The third-order valence-corrected chi connectivity index (χ3v) is 5.53. The molecule has 1 aromatic carbocycles. The van der Waals surface area contributed by atoms with Gasteiger partial charge in [-0.2, -0.15) is 0 Å². The first-order valence-corrected chi connectivity index (χ1v) is 9.17. The van der Waals surface area contributed by atoms with E-state index < -0.39 is 5.97 Å². The largest absolute Gasteiger partial charge is 0.478 e. The fraction of sp³-hybridized carbons (Fsp3) is 0.333. The Morgan fingerprint density at radius 3 is 2.48 bits per heavy atom. The number of hydrogen-bond donors (Lipinski definition) is 1. The predicted octanol–water partition coefficient (Wildman–Crippen LogP) is 3.00. The van der Waals surface area contributed by atoms with Crippen molar-refractivity contribution in [3.63, 3.8) is 0 Å².